The zero-order valence-corrected chi connectivity index (χ0v) is 13.2. The Hall–Kier alpha value is -2.04. The van der Waals surface area contributed by atoms with E-state index in [1.54, 1.807) is 0 Å². The van der Waals surface area contributed by atoms with Gasteiger partial charge in [-0.25, -0.2) is 4.79 Å². The molecule has 1 saturated carbocycles. The molecule has 2 amide bonds. The second kappa shape index (κ2) is 6.38. The number of hydrogen-bond acceptors (Lipinski definition) is 3. The van der Waals surface area contributed by atoms with Crippen molar-refractivity contribution in [3.05, 3.63) is 29.5 Å². The number of aryl methyl sites for hydroxylation is 1. The fourth-order valence-electron chi connectivity index (χ4n) is 3.14. The van der Waals surface area contributed by atoms with Crippen LogP contribution < -0.4 is 10.6 Å². The van der Waals surface area contributed by atoms with E-state index in [1.165, 1.54) is 19.3 Å². The average molecular weight is 301 g/mol. The Morgan fingerprint density at radius 2 is 2.18 bits per heavy atom. The molecule has 5 nitrogen and oxygen atoms in total. The van der Waals surface area contributed by atoms with Crippen LogP contribution in [0.2, 0.25) is 0 Å². The molecule has 2 atom stereocenters. The van der Waals surface area contributed by atoms with Gasteiger partial charge in [0, 0.05) is 11.4 Å². The monoisotopic (exact) mass is 301 g/mol. The van der Waals surface area contributed by atoms with Gasteiger partial charge < -0.3 is 15.2 Å². The highest BCUT2D eigenvalue weighted by atomic mass is 16.5. The van der Waals surface area contributed by atoms with Crippen LogP contribution in [0.15, 0.2) is 22.7 Å². The topological polar surface area (TPSA) is 67.2 Å². The van der Waals surface area contributed by atoms with Crippen LogP contribution in [0, 0.1) is 12.8 Å². The first-order valence-corrected chi connectivity index (χ1v) is 8.03. The first-order chi connectivity index (χ1) is 10.6. The van der Waals surface area contributed by atoms with Crippen molar-refractivity contribution in [2.75, 3.05) is 0 Å². The number of carbonyl (C=O) groups excluding carboxylic acids is 1. The number of hydrogen-bond donors (Lipinski definition) is 2. The van der Waals surface area contributed by atoms with Gasteiger partial charge in [0.1, 0.15) is 5.69 Å². The van der Waals surface area contributed by atoms with E-state index in [4.69, 9.17) is 4.52 Å². The Bertz CT molecular complexity index is 665. The fourth-order valence-corrected chi connectivity index (χ4v) is 3.14. The fraction of sp³-hybridized carbons (Fsp3) is 0.529. The second-order valence-corrected chi connectivity index (χ2v) is 6.32. The van der Waals surface area contributed by atoms with Crippen LogP contribution in [-0.4, -0.2) is 17.2 Å². The lowest BCUT2D eigenvalue weighted by Gasteiger charge is -2.29. The Labute approximate surface area is 130 Å². The summed E-state index contributed by atoms with van der Waals surface area (Å²) in [5, 5.41) is 11.0. The molecule has 5 heteroatoms. The Morgan fingerprint density at radius 1 is 1.36 bits per heavy atom. The molecule has 1 heterocycles. The van der Waals surface area contributed by atoms with Gasteiger partial charge in [-0.15, -0.1) is 0 Å². The summed E-state index contributed by atoms with van der Waals surface area (Å²) >= 11 is 0. The third-order valence-corrected chi connectivity index (χ3v) is 4.54. The number of amides is 2. The highest BCUT2D eigenvalue weighted by molar-refractivity contribution is 5.81. The number of nitrogens with one attached hydrogen (secondary N) is 2. The number of benzene rings is 1. The molecule has 0 aliphatic heterocycles. The SMILES string of the molecule is Cc1ccc2onc(CNC(=O)N[C@H]3CCCC[C@H]3C)c2c1. The minimum atomic E-state index is -0.123. The van der Waals surface area contributed by atoms with Crippen LogP contribution >= 0.6 is 0 Å². The quantitative estimate of drug-likeness (QED) is 0.911. The summed E-state index contributed by atoms with van der Waals surface area (Å²) in [7, 11) is 0. The molecule has 0 bridgehead atoms. The molecule has 1 aromatic heterocycles. The number of carbonyl (C=O) groups is 1. The average Bonchev–Trinajstić information content (AvgIpc) is 2.90. The molecule has 0 spiro atoms. The first-order valence-electron chi connectivity index (χ1n) is 8.03. The largest absolute Gasteiger partial charge is 0.356 e. The summed E-state index contributed by atoms with van der Waals surface area (Å²) in [6.07, 6.45) is 4.73. The van der Waals surface area contributed by atoms with Gasteiger partial charge in [-0.05, 0) is 37.8 Å². The van der Waals surface area contributed by atoms with Crippen LogP contribution in [0.3, 0.4) is 0 Å². The highest BCUT2D eigenvalue weighted by Crippen LogP contribution is 2.23. The lowest BCUT2D eigenvalue weighted by molar-refractivity contribution is 0.221. The van der Waals surface area contributed by atoms with Crippen LogP contribution in [0.5, 0.6) is 0 Å². The molecule has 0 radical (unpaired) electrons. The highest BCUT2D eigenvalue weighted by Gasteiger charge is 2.22. The molecule has 3 rings (SSSR count). The molecule has 2 aromatic rings. The van der Waals surface area contributed by atoms with E-state index < -0.39 is 0 Å². The van der Waals surface area contributed by atoms with E-state index >= 15 is 0 Å². The van der Waals surface area contributed by atoms with Crippen LogP contribution in [0.1, 0.15) is 43.9 Å². The Kier molecular flexibility index (Phi) is 4.32. The molecule has 0 unspecified atom stereocenters. The van der Waals surface area contributed by atoms with Gasteiger partial charge in [0.2, 0.25) is 0 Å². The summed E-state index contributed by atoms with van der Waals surface area (Å²) in [4.78, 5) is 12.1. The molecule has 1 aliphatic rings. The third kappa shape index (κ3) is 3.24. The van der Waals surface area contributed by atoms with Crippen molar-refractivity contribution in [1.29, 1.82) is 0 Å². The number of rotatable bonds is 3. The van der Waals surface area contributed by atoms with Crippen molar-refractivity contribution in [3.63, 3.8) is 0 Å². The maximum absolute atomic E-state index is 12.1. The minimum absolute atomic E-state index is 0.123. The zero-order valence-electron chi connectivity index (χ0n) is 13.2. The van der Waals surface area contributed by atoms with Crippen molar-refractivity contribution in [1.82, 2.24) is 15.8 Å². The number of nitrogens with zero attached hydrogens (tertiary/aromatic N) is 1. The van der Waals surface area contributed by atoms with Crippen molar-refractivity contribution < 1.29 is 9.32 Å². The van der Waals surface area contributed by atoms with Crippen molar-refractivity contribution in [2.45, 2.75) is 52.1 Å². The molecule has 118 valence electrons. The maximum Gasteiger partial charge on any atom is 0.315 e. The maximum atomic E-state index is 12.1. The lowest BCUT2D eigenvalue weighted by Crippen LogP contribution is -2.45. The minimum Gasteiger partial charge on any atom is -0.356 e. The van der Waals surface area contributed by atoms with Crippen molar-refractivity contribution in [3.8, 4) is 0 Å². The van der Waals surface area contributed by atoms with Gasteiger partial charge in [-0.2, -0.15) is 0 Å². The molecule has 1 aliphatic carbocycles. The van der Waals surface area contributed by atoms with Gasteiger partial charge in [0.25, 0.3) is 0 Å². The van der Waals surface area contributed by atoms with Crippen molar-refractivity contribution >= 4 is 17.0 Å². The lowest BCUT2D eigenvalue weighted by atomic mass is 9.86. The second-order valence-electron chi connectivity index (χ2n) is 6.32. The molecular weight excluding hydrogens is 278 g/mol. The van der Waals surface area contributed by atoms with E-state index in [0.717, 1.165) is 28.6 Å². The van der Waals surface area contributed by atoms with E-state index in [-0.39, 0.29) is 12.1 Å². The number of urea groups is 1. The van der Waals surface area contributed by atoms with Crippen LogP contribution in [0.4, 0.5) is 4.79 Å². The van der Waals surface area contributed by atoms with E-state index in [2.05, 4.69) is 22.7 Å². The zero-order chi connectivity index (χ0) is 15.5. The van der Waals surface area contributed by atoms with Crippen LogP contribution in [-0.2, 0) is 6.54 Å². The Balaban J connectivity index is 1.59. The molecular formula is C17H23N3O2. The Morgan fingerprint density at radius 3 is 3.00 bits per heavy atom. The molecule has 22 heavy (non-hydrogen) atoms. The molecule has 0 saturated heterocycles. The molecule has 2 N–H and O–H groups in total. The van der Waals surface area contributed by atoms with Gasteiger partial charge in [-0.1, -0.05) is 36.6 Å². The van der Waals surface area contributed by atoms with Gasteiger partial charge in [-0.3, -0.25) is 0 Å². The number of fused-ring (bicyclic) bond motifs is 1. The van der Waals surface area contributed by atoms with E-state index in [0.29, 0.717) is 12.5 Å². The number of aromatic nitrogens is 1. The van der Waals surface area contributed by atoms with E-state index in [1.807, 2.05) is 25.1 Å². The third-order valence-electron chi connectivity index (χ3n) is 4.54. The van der Waals surface area contributed by atoms with Gasteiger partial charge in [0.05, 0.1) is 6.54 Å². The summed E-state index contributed by atoms with van der Waals surface area (Å²) in [6, 6.07) is 6.09. The predicted molar refractivity (Wildman–Crippen MR) is 85.5 cm³/mol. The summed E-state index contributed by atoms with van der Waals surface area (Å²) in [5.74, 6) is 0.551. The normalized spacial score (nSPS) is 21.7. The summed E-state index contributed by atoms with van der Waals surface area (Å²) in [5.41, 5.74) is 2.67. The van der Waals surface area contributed by atoms with Gasteiger partial charge >= 0.3 is 6.03 Å². The molecule has 1 aromatic carbocycles. The summed E-state index contributed by atoms with van der Waals surface area (Å²) in [6.45, 7) is 4.61. The molecule has 1 fully saturated rings. The summed E-state index contributed by atoms with van der Waals surface area (Å²) < 4.78 is 5.28. The predicted octanol–water partition coefficient (Wildman–Crippen LogP) is 3.51. The first kappa shape index (κ1) is 14.9. The van der Waals surface area contributed by atoms with E-state index in [9.17, 15) is 4.79 Å². The smallest absolute Gasteiger partial charge is 0.315 e. The van der Waals surface area contributed by atoms with Crippen LogP contribution in [0.25, 0.3) is 11.0 Å². The van der Waals surface area contributed by atoms with Gasteiger partial charge in [0.15, 0.2) is 5.58 Å². The van der Waals surface area contributed by atoms with Crippen molar-refractivity contribution in [2.24, 2.45) is 5.92 Å². The standard InChI is InChI=1S/C17H23N3O2/c1-11-7-8-16-13(9-11)15(20-22-16)10-18-17(21)19-14-6-4-3-5-12(14)2/h7-9,12,14H,3-6,10H2,1-2H3,(H2,18,19,21)/t12-,14+/m1/s1.